The molecule has 64 valence electrons. The van der Waals surface area contributed by atoms with Crippen LogP contribution in [0, 0.1) is 6.92 Å². The van der Waals surface area contributed by atoms with Gasteiger partial charge in [-0.25, -0.2) is 4.79 Å². The van der Waals surface area contributed by atoms with E-state index in [2.05, 4.69) is 17.2 Å². The molecule has 1 heterocycles. The summed E-state index contributed by atoms with van der Waals surface area (Å²) in [4.78, 5) is 15.1. The summed E-state index contributed by atoms with van der Waals surface area (Å²) in [6.45, 7) is 2.01. The van der Waals surface area contributed by atoms with Gasteiger partial charge in [-0.15, -0.1) is 0 Å². The van der Waals surface area contributed by atoms with Crippen molar-refractivity contribution in [1.82, 2.24) is 9.55 Å². The molecule has 0 bridgehead atoms. The van der Waals surface area contributed by atoms with Crippen molar-refractivity contribution in [2.24, 2.45) is 5.73 Å². The number of hydrogen-bond donors (Lipinski definition) is 1. The molecule has 5 heteroatoms. The lowest BCUT2D eigenvalue weighted by molar-refractivity contribution is 0.759. The zero-order chi connectivity index (χ0) is 9.14. The van der Waals surface area contributed by atoms with Gasteiger partial charge in [-0.1, -0.05) is 12.2 Å². The SMILES string of the molecule is Cc1ccn(CC(N)=S)c(=O)n1. The van der Waals surface area contributed by atoms with Crippen LogP contribution in [0.25, 0.3) is 0 Å². The van der Waals surface area contributed by atoms with E-state index in [0.29, 0.717) is 5.69 Å². The third-order valence-electron chi connectivity index (χ3n) is 1.34. The summed E-state index contributed by atoms with van der Waals surface area (Å²) in [5.41, 5.74) is 5.65. The molecule has 2 N–H and O–H groups in total. The Hall–Kier alpha value is -1.23. The lowest BCUT2D eigenvalue weighted by Gasteiger charge is -2.01. The Morgan fingerprint density at radius 2 is 2.50 bits per heavy atom. The molecule has 0 fully saturated rings. The average Bonchev–Trinajstić information content (AvgIpc) is 1.94. The molecule has 0 spiro atoms. The van der Waals surface area contributed by atoms with E-state index < -0.39 is 0 Å². The van der Waals surface area contributed by atoms with E-state index >= 15 is 0 Å². The second-order valence-corrected chi connectivity index (χ2v) is 2.97. The molecule has 1 aromatic heterocycles. The molecular formula is C7H9N3OS. The van der Waals surface area contributed by atoms with Gasteiger partial charge in [-0.3, -0.25) is 4.57 Å². The maximum atomic E-state index is 11.1. The fourth-order valence-electron chi connectivity index (χ4n) is 0.802. The van der Waals surface area contributed by atoms with Gasteiger partial charge in [0.2, 0.25) is 0 Å². The number of aryl methyl sites for hydroxylation is 1. The summed E-state index contributed by atoms with van der Waals surface area (Å²) in [6, 6.07) is 1.74. The highest BCUT2D eigenvalue weighted by Gasteiger charge is 1.97. The summed E-state index contributed by atoms with van der Waals surface area (Å²) in [7, 11) is 0. The van der Waals surface area contributed by atoms with Crippen molar-refractivity contribution in [3.05, 3.63) is 28.4 Å². The molecular weight excluding hydrogens is 174 g/mol. The zero-order valence-corrected chi connectivity index (χ0v) is 7.47. The Balaban J connectivity index is 3.02. The molecule has 0 aliphatic rings. The topological polar surface area (TPSA) is 60.9 Å². The molecule has 0 atom stereocenters. The number of rotatable bonds is 2. The monoisotopic (exact) mass is 183 g/mol. The maximum Gasteiger partial charge on any atom is 0.348 e. The van der Waals surface area contributed by atoms with E-state index in [-0.39, 0.29) is 17.2 Å². The number of hydrogen-bond acceptors (Lipinski definition) is 3. The summed E-state index contributed by atoms with van der Waals surface area (Å²) in [5, 5.41) is 0. The predicted octanol–water partition coefficient (Wildman–Crippen LogP) is -0.162. The van der Waals surface area contributed by atoms with E-state index in [4.69, 9.17) is 5.73 Å². The Morgan fingerprint density at radius 3 is 3.00 bits per heavy atom. The number of aromatic nitrogens is 2. The van der Waals surface area contributed by atoms with E-state index in [1.54, 1.807) is 19.2 Å². The van der Waals surface area contributed by atoms with Crippen LogP contribution in [0.15, 0.2) is 17.1 Å². The van der Waals surface area contributed by atoms with Crippen LogP contribution >= 0.6 is 12.2 Å². The van der Waals surface area contributed by atoms with Gasteiger partial charge < -0.3 is 5.73 Å². The van der Waals surface area contributed by atoms with Crippen LogP contribution in [0.5, 0.6) is 0 Å². The number of nitrogens with zero attached hydrogens (tertiary/aromatic N) is 2. The molecule has 0 unspecified atom stereocenters. The molecule has 0 saturated carbocycles. The van der Waals surface area contributed by atoms with Crippen molar-refractivity contribution in [3.8, 4) is 0 Å². The van der Waals surface area contributed by atoms with Gasteiger partial charge in [0.05, 0.1) is 11.5 Å². The number of thiocarbonyl (C=S) groups is 1. The Morgan fingerprint density at radius 1 is 1.83 bits per heavy atom. The van der Waals surface area contributed by atoms with Crippen molar-refractivity contribution in [2.45, 2.75) is 13.5 Å². The summed E-state index contributed by atoms with van der Waals surface area (Å²) >= 11 is 4.66. The van der Waals surface area contributed by atoms with E-state index in [1.165, 1.54) is 4.57 Å². The third kappa shape index (κ3) is 2.13. The highest BCUT2D eigenvalue weighted by atomic mass is 32.1. The molecule has 0 aliphatic carbocycles. The normalized spacial score (nSPS) is 9.75. The number of nitrogens with two attached hydrogens (primary N) is 1. The van der Waals surface area contributed by atoms with Crippen molar-refractivity contribution in [3.63, 3.8) is 0 Å². The van der Waals surface area contributed by atoms with Gasteiger partial charge in [0, 0.05) is 11.9 Å². The van der Waals surface area contributed by atoms with Crippen LogP contribution in [0.4, 0.5) is 0 Å². The van der Waals surface area contributed by atoms with Gasteiger partial charge >= 0.3 is 5.69 Å². The fourth-order valence-corrected chi connectivity index (χ4v) is 0.941. The van der Waals surface area contributed by atoms with Gasteiger partial charge in [0.15, 0.2) is 0 Å². The van der Waals surface area contributed by atoms with Crippen LogP contribution in [-0.4, -0.2) is 14.5 Å². The van der Waals surface area contributed by atoms with Gasteiger partial charge in [0.1, 0.15) is 0 Å². The smallest absolute Gasteiger partial charge is 0.348 e. The van der Waals surface area contributed by atoms with Gasteiger partial charge in [0.25, 0.3) is 0 Å². The summed E-state index contributed by atoms with van der Waals surface area (Å²) in [6.07, 6.45) is 1.63. The minimum absolute atomic E-state index is 0.251. The Labute approximate surface area is 75.0 Å². The van der Waals surface area contributed by atoms with E-state index in [9.17, 15) is 4.79 Å². The van der Waals surface area contributed by atoms with Gasteiger partial charge in [-0.2, -0.15) is 4.98 Å². The van der Waals surface area contributed by atoms with Gasteiger partial charge in [-0.05, 0) is 13.0 Å². The molecule has 0 aliphatic heterocycles. The molecule has 12 heavy (non-hydrogen) atoms. The summed E-state index contributed by atoms with van der Waals surface area (Å²) in [5.74, 6) is 0. The van der Waals surface area contributed by atoms with E-state index in [1.807, 2.05) is 0 Å². The largest absolute Gasteiger partial charge is 0.392 e. The van der Waals surface area contributed by atoms with Crippen molar-refractivity contribution in [2.75, 3.05) is 0 Å². The first-order valence-corrected chi connectivity index (χ1v) is 3.83. The Kier molecular flexibility index (Phi) is 2.54. The summed E-state index contributed by atoms with van der Waals surface area (Å²) < 4.78 is 1.37. The first kappa shape index (κ1) is 8.86. The molecule has 4 nitrogen and oxygen atoms in total. The average molecular weight is 183 g/mol. The van der Waals surface area contributed by atoms with Crippen LogP contribution in [0.1, 0.15) is 5.69 Å². The highest BCUT2D eigenvalue weighted by Crippen LogP contribution is 1.86. The molecule has 1 rings (SSSR count). The van der Waals surface area contributed by atoms with Crippen LogP contribution in [-0.2, 0) is 6.54 Å². The predicted molar refractivity (Wildman–Crippen MR) is 50.0 cm³/mol. The first-order valence-electron chi connectivity index (χ1n) is 3.42. The molecule has 0 radical (unpaired) electrons. The van der Waals surface area contributed by atoms with Crippen molar-refractivity contribution >= 4 is 17.2 Å². The lowest BCUT2D eigenvalue weighted by atomic mass is 10.4. The standard InChI is InChI=1S/C7H9N3OS/c1-5-2-3-10(4-6(8)12)7(11)9-5/h2-3H,4H2,1H3,(H2,8,12). The fraction of sp³-hybridized carbons (Fsp3) is 0.286. The zero-order valence-electron chi connectivity index (χ0n) is 6.65. The third-order valence-corrected chi connectivity index (χ3v) is 1.47. The molecule has 0 saturated heterocycles. The van der Waals surface area contributed by atoms with Crippen LogP contribution < -0.4 is 11.4 Å². The first-order chi connectivity index (χ1) is 5.59. The minimum Gasteiger partial charge on any atom is -0.392 e. The quantitative estimate of drug-likeness (QED) is 0.647. The lowest BCUT2D eigenvalue weighted by Crippen LogP contribution is -2.28. The molecule has 0 aromatic carbocycles. The van der Waals surface area contributed by atoms with Crippen LogP contribution in [0.3, 0.4) is 0 Å². The van der Waals surface area contributed by atoms with Crippen molar-refractivity contribution < 1.29 is 0 Å². The second kappa shape index (κ2) is 3.44. The minimum atomic E-state index is -0.317. The van der Waals surface area contributed by atoms with Crippen molar-refractivity contribution in [1.29, 1.82) is 0 Å². The molecule has 1 aromatic rings. The highest BCUT2D eigenvalue weighted by molar-refractivity contribution is 7.80. The van der Waals surface area contributed by atoms with Crippen LogP contribution in [0.2, 0.25) is 0 Å². The second-order valence-electron chi connectivity index (χ2n) is 2.45. The maximum absolute atomic E-state index is 11.1. The molecule has 0 amide bonds. The van der Waals surface area contributed by atoms with E-state index in [0.717, 1.165) is 0 Å². The Bertz CT molecular complexity index is 358.